The zero-order chi connectivity index (χ0) is 13.2. The van der Waals surface area contributed by atoms with Crippen molar-refractivity contribution in [3.8, 4) is 0 Å². The summed E-state index contributed by atoms with van der Waals surface area (Å²) >= 11 is 9.46. The molecular formula is C13H12ClN3S2. The van der Waals surface area contributed by atoms with E-state index >= 15 is 0 Å². The van der Waals surface area contributed by atoms with Crippen molar-refractivity contribution in [2.24, 2.45) is 0 Å². The number of aromatic nitrogens is 2. The lowest BCUT2D eigenvalue weighted by Crippen LogP contribution is -2.08. The molecule has 3 nitrogen and oxygen atoms in total. The van der Waals surface area contributed by atoms with Crippen LogP contribution in [0.1, 0.15) is 5.69 Å². The van der Waals surface area contributed by atoms with Crippen LogP contribution in [0.15, 0.2) is 45.8 Å². The maximum atomic E-state index is 6.21. The van der Waals surface area contributed by atoms with Crippen LogP contribution in [0, 0.1) is 0 Å². The first-order valence-corrected chi connectivity index (χ1v) is 7.88. The van der Waals surface area contributed by atoms with Crippen LogP contribution in [0.5, 0.6) is 0 Å². The molecule has 0 saturated carbocycles. The van der Waals surface area contributed by atoms with Gasteiger partial charge in [0.2, 0.25) is 0 Å². The van der Waals surface area contributed by atoms with Gasteiger partial charge in [0.15, 0.2) is 4.96 Å². The topological polar surface area (TPSA) is 29.3 Å². The summed E-state index contributed by atoms with van der Waals surface area (Å²) in [6.45, 7) is 0.782. The van der Waals surface area contributed by atoms with Crippen molar-refractivity contribution in [3.63, 3.8) is 0 Å². The van der Waals surface area contributed by atoms with Gasteiger partial charge in [-0.3, -0.25) is 4.40 Å². The summed E-state index contributed by atoms with van der Waals surface area (Å²) in [5.74, 6) is 0. The fourth-order valence-corrected chi connectivity index (χ4v) is 3.84. The number of imidazole rings is 1. The van der Waals surface area contributed by atoms with Crippen molar-refractivity contribution in [1.29, 1.82) is 0 Å². The number of hydrogen-bond acceptors (Lipinski definition) is 4. The lowest BCUT2D eigenvalue weighted by molar-refractivity contribution is 0.765. The first-order valence-electron chi connectivity index (χ1n) is 5.81. The summed E-state index contributed by atoms with van der Waals surface area (Å²) in [4.78, 5) is 6.72. The van der Waals surface area contributed by atoms with Crippen molar-refractivity contribution < 1.29 is 0 Å². The molecule has 2 heterocycles. The molecule has 1 N–H and O–H groups in total. The van der Waals surface area contributed by atoms with E-state index in [1.165, 1.54) is 5.69 Å². The highest BCUT2D eigenvalue weighted by Gasteiger charge is 2.14. The fraction of sp³-hybridized carbons (Fsp3) is 0.154. The molecule has 0 saturated heterocycles. The molecule has 0 atom stereocenters. The minimum atomic E-state index is 0.763. The van der Waals surface area contributed by atoms with Crippen LogP contribution in [-0.2, 0) is 6.54 Å². The first-order chi connectivity index (χ1) is 9.29. The third-order valence-corrected chi connectivity index (χ3v) is 5.01. The Bertz CT molecular complexity index is 705. The number of thiazole rings is 1. The number of benzene rings is 1. The summed E-state index contributed by atoms with van der Waals surface area (Å²) in [5.41, 5.74) is 1.17. The minimum absolute atomic E-state index is 0.763. The first kappa shape index (κ1) is 13.0. The summed E-state index contributed by atoms with van der Waals surface area (Å²) in [7, 11) is 1.94. The van der Waals surface area contributed by atoms with E-state index in [2.05, 4.69) is 20.9 Å². The molecule has 0 aliphatic heterocycles. The minimum Gasteiger partial charge on any atom is -0.314 e. The van der Waals surface area contributed by atoms with E-state index in [9.17, 15) is 0 Å². The molecule has 0 bridgehead atoms. The lowest BCUT2D eigenvalue weighted by atomic mass is 10.4. The summed E-state index contributed by atoms with van der Waals surface area (Å²) < 4.78 is 2.13. The van der Waals surface area contributed by atoms with Gasteiger partial charge in [0.1, 0.15) is 5.03 Å². The molecule has 0 fully saturated rings. The lowest BCUT2D eigenvalue weighted by Gasteiger charge is -2.04. The SMILES string of the molecule is CNCc1c(Sc2ccccc2Cl)nc2sccn12. The second-order valence-corrected chi connectivity index (χ2v) is 6.29. The fourth-order valence-electron chi connectivity index (χ4n) is 1.85. The Hall–Kier alpha value is -1.01. The van der Waals surface area contributed by atoms with E-state index in [0.29, 0.717) is 0 Å². The number of hydrogen-bond donors (Lipinski definition) is 1. The number of nitrogens with one attached hydrogen (secondary N) is 1. The number of rotatable bonds is 4. The predicted octanol–water partition coefficient (Wildman–Crippen LogP) is 3.92. The Morgan fingerprint density at radius 2 is 2.26 bits per heavy atom. The summed E-state index contributed by atoms with van der Waals surface area (Å²) in [6, 6.07) is 7.85. The van der Waals surface area contributed by atoms with E-state index < -0.39 is 0 Å². The van der Waals surface area contributed by atoms with Crippen molar-refractivity contribution in [2.45, 2.75) is 16.5 Å². The van der Waals surface area contributed by atoms with Crippen LogP contribution in [0.3, 0.4) is 0 Å². The van der Waals surface area contributed by atoms with E-state index in [1.807, 2.05) is 36.7 Å². The normalized spacial score (nSPS) is 11.3. The van der Waals surface area contributed by atoms with Gasteiger partial charge in [0, 0.05) is 23.0 Å². The zero-order valence-corrected chi connectivity index (χ0v) is 12.6. The quantitative estimate of drug-likeness (QED) is 0.792. The van der Waals surface area contributed by atoms with Gasteiger partial charge in [-0.1, -0.05) is 35.5 Å². The Labute approximate surface area is 124 Å². The van der Waals surface area contributed by atoms with Gasteiger partial charge in [0.25, 0.3) is 0 Å². The van der Waals surface area contributed by atoms with E-state index in [1.54, 1.807) is 23.1 Å². The molecule has 98 valence electrons. The largest absolute Gasteiger partial charge is 0.314 e. The standard InChI is InChI=1S/C13H12ClN3S2/c1-15-8-10-12(16-13-17(10)6-7-18-13)19-11-5-3-2-4-9(11)14/h2-7,15H,8H2,1H3. The second kappa shape index (κ2) is 5.54. The molecule has 0 aliphatic rings. The molecule has 3 aromatic rings. The van der Waals surface area contributed by atoms with E-state index in [0.717, 1.165) is 26.4 Å². The Balaban J connectivity index is 2.02. The van der Waals surface area contributed by atoms with Gasteiger partial charge in [-0.25, -0.2) is 4.98 Å². The Kier molecular flexibility index (Phi) is 3.79. The molecule has 0 amide bonds. The molecule has 0 aliphatic carbocycles. The highest BCUT2D eigenvalue weighted by Crippen LogP contribution is 2.35. The molecule has 6 heteroatoms. The van der Waals surface area contributed by atoms with Crippen molar-refractivity contribution in [2.75, 3.05) is 7.05 Å². The molecule has 0 spiro atoms. The van der Waals surface area contributed by atoms with Gasteiger partial charge < -0.3 is 5.32 Å². The smallest absolute Gasteiger partial charge is 0.194 e. The van der Waals surface area contributed by atoms with Crippen LogP contribution >= 0.6 is 34.7 Å². The Morgan fingerprint density at radius 3 is 3.05 bits per heavy atom. The predicted molar refractivity (Wildman–Crippen MR) is 81.4 cm³/mol. The van der Waals surface area contributed by atoms with Gasteiger partial charge in [0.05, 0.1) is 10.7 Å². The van der Waals surface area contributed by atoms with Gasteiger partial charge in [-0.05, 0) is 19.2 Å². The highest BCUT2D eigenvalue weighted by atomic mass is 35.5. The van der Waals surface area contributed by atoms with Gasteiger partial charge >= 0.3 is 0 Å². The molecule has 2 aromatic heterocycles. The van der Waals surface area contributed by atoms with Crippen LogP contribution in [0.2, 0.25) is 5.02 Å². The molecule has 0 unspecified atom stereocenters. The number of fused-ring (bicyclic) bond motifs is 1. The molecule has 3 rings (SSSR count). The monoisotopic (exact) mass is 309 g/mol. The average Bonchev–Trinajstić information content (AvgIpc) is 2.96. The van der Waals surface area contributed by atoms with Crippen LogP contribution < -0.4 is 5.32 Å². The Morgan fingerprint density at radius 1 is 1.42 bits per heavy atom. The van der Waals surface area contributed by atoms with Crippen LogP contribution in [-0.4, -0.2) is 16.4 Å². The van der Waals surface area contributed by atoms with Gasteiger partial charge in [-0.2, -0.15) is 0 Å². The number of halogens is 1. The maximum Gasteiger partial charge on any atom is 0.194 e. The van der Waals surface area contributed by atoms with E-state index in [4.69, 9.17) is 11.6 Å². The number of nitrogens with zero attached hydrogens (tertiary/aromatic N) is 2. The highest BCUT2D eigenvalue weighted by molar-refractivity contribution is 7.99. The molecule has 19 heavy (non-hydrogen) atoms. The summed E-state index contributed by atoms with van der Waals surface area (Å²) in [6.07, 6.45) is 2.05. The van der Waals surface area contributed by atoms with Crippen LogP contribution in [0.25, 0.3) is 4.96 Å². The summed E-state index contributed by atoms with van der Waals surface area (Å²) in [5, 5.41) is 7.01. The maximum absolute atomic E-state index is 6.21. The molecule has 1 aromatic carbocycles. The van der Waals surface area contributed by atoms with Crippen molar-refractivity contribution in [1.82, 2.24) is 14.7 Å². The van der Waals surface area contributed by atoms with Gasteiger partial charge in [-0.15, -0.1) is 11.3 Å². The molecular weight excluding hydrogens is 298 g/mol. The van der Waals surface area contributed by atoms with E-state index in [-0.39, 0.29) is 0 Å². The molecule has 0 radical (unpaired) electrons. The average molecular weight is 310 g/mol. The third-order valence-electron chi connectivity index (χ3n) is 2.71. The van der Waals surface area contributed by atoms with Crippen molar-refractivity contribution in [3.05, 3.63) is 46.6 Å². The van der Waals surface area contributed by atoms with Crippen LogP contribution in [0.4, 0.5) is 0 Å². The second-order valence-electron chi connectivity index (χ2n) is 3.98. The van der Waals surface area contributed by atoms with Crippen molar-refractivity contribution >= 4 is 39.7 Å². The third kappa shape index (κ3) is 2.51. The zero-order valence-electron chi connectivity index (χ0n) is 10.3.